The third kappa shape index (κ3) is 6.90. The molecule has 1 aromatic heterocycles. The molecule has 0 bridgehead atoms. The largest absolute Gasteiger partial charge is 0.496 e. The van der Waals surface area contributed by atoms with Gasteiger partial charge in [0.2, 0.25) is 18.4 Å². The summed E-state index contributed by atoms with van der Waals surface area (Å²) in [4.78, 5) is 52.1. The van der Waals surface area contributed by atoms with Crippen LogP contribution in [0.1, 0.15) is 43.6 Å². The monoisotopic (exact) mass is 519 g/mol. The zero-order valence-corrected chi connectivity index (χ0v) is 21.5. The number of aromatic amines is 1. The summed E-state index contributed by atoms with van der Waals surface area (Å²) in [6.45, 7) is 3.90. The Hall–Kier alpha value is -3.28. The first-order valence-corrected chi connectivity index (χ1v) is 12.4. The lowest BCUT2D eigenvalue weighted by atomic mass is 9.95. The highest BCUT2D eigenvalue weighted by Crippen LogP contribution is 2.26. The van der Waals surface area contributed by atoms with Gasteiger partial charge in [-0.25, -0.2) is 0 Å². The number of hydrogen-bond donors (Lipinski definition) is 5. The van der Waals surface area contributed by atoms with Crippen molar-refractivity contribution in [2.24, 2.45) is 11.8 Å². The Labute approximate surface area is 214 Å². The van der Waals surface area contributed by atoms with Crippen LogP contribution in [0.2, 0.25) is 0 Å². The first kappa shape index (κ1) is 27.3. The predicted octanol–water partition coefficient (Wildman–Crippen LogP) is 1.91. The fourth-order valence-electron chi connectivity index (χ4n) is 4.42. The van der Waals surface area contributed by atoms with Gasteiger partial charge in [0, 0.05) is 34.3 Å². The Morgan fingerprint density at radius 1 is 1.31 bits per heavy atom. The van der Waals surface area contributed by atoms with E-state index in [9.17, 15) is 24.5 Å². The van der Waals surface area contributed by atoms with Gasteiger partial charge in [0.25, 0.3) is 5.91 Å². The Kier molecular flexibility index (Phi) is 9.19. The summed E-state index contributed by atoms with van der Waals surface area (Å²) >= 11 is 4.36. The van der Waals surface area contributed by atoms with Crippen molar-refractivity contribution in [2.75, 3.05) is 20.2 Å². The lowest BCUT2D eigenvalue weighted by Crippen LogP contribution is -2.53. The number of rotatable bonds is 12. The van der Waals surface area contributed by atoms with Gasteiger partial charge in [-0.15, -0.1) is 0 Å². The fraction of sp³-hybridized carbons (Fsp3) is 0.542. The summed E-state index contributed by atoms with van der Waals surface area (Å²) in [5, 5.41) is 19.4. The van der Waals surface area contributed by atoms with Crippen LogP contribution in [0, 0.1) is 22.0 Å². The molecule has 2 aromatic rings. The molecule has 1 fully saturated rings. The average molecular weight is 520 g/mol. The minimum absolute atomic E-state index is 0.0773. The van der Waals surface area contributed by atoms with Crippen LogP contribution in [0.3, 0.4) is 0 Å². The molecular weight excluding hydrogens is 486 g/mol. The molecule has 12 heteroatoms. The van der Waals surface area contributed by atoms with E-state index >= 15 is 0 Å². The summed E-state index contributed by atoms with van der Waals surface area (Å²) in [6.07, 6.45) is 1.16. The van der Waals surface area contributed by atoms with Gasteiger partial charge in [-0.1, -0.05) is 19.9 Å². The van der Waals surface area contributed by atoms with E-state index in [1.54, 1.807) is 25.3 Å². The highest BCUT2D eigenvalue weighted by Gasteiger charge is 2.34. The second-order valence-electron chi connectivity index (χ2n) is 9.47. The van der Waals surface area contributed by atoms with Crippen molar-refractivity contribution in [1.82, 2.24) is 20.9 Å². The quantitative estimate of drug-likeness (QED) is 0.164. The third-order valence-corrected chi connectivity index (χ3v) is 6.77. The number of hydrogen-bond acceptors (Lipinski definition) is 7. The summed E-state index contributed by atoms with van der Waals surface area (Å²) in [7, 11) is 1.55. The standard InChI is InChI=1S/C24H33N5O6S/c1-13(2)9-18(28-24(32)19-11-15-16(26-19)5-4-6-20(15)35-3)23(31)27-17(21(36)12-29(33)34)10-14-7-8-25-22(14)30/h4-6,11,13-14,17-18,21,26,36H,7-10,12H2,1-3H3,(H,25,30)(H,27,31)(H,28,32)/t14-,17-,18-,21-/m0/s1. The topological polar surface area (TPSA) is 155 Å². The fourth-order valence-corrected chi connectivity index (χ4v) is 4.75. The number of H-pyrrole nitrogens is 1. The predicted molar refractivity (Wildman–Crippen MR) is 138 cm³/mol. The molecule has 0 aliphatic carbocycles. The number of amides is 3. The van der Waals surface area contributed by atoms with E-state index in [1.807, 2.05) is 19.9 Å². The normalized spacial score (nSPS) is 17.9. The van der Waals surface area contributed by atoms with E-state index in [0.29, 0.717) is 25.1 Å². The van der Waals surface area contributed by atoms with Crippen LogP contribution in [0.15, 0.2) is 24.3 Å². The average Bonchev–Trinajstić information content (AvgIpc) is 3.43. The van der Waals surface area contributed by atoms with Gasteiger partial charge < -0.3 is 25.7 Å². The number of nitrogens with zero attached hydrogens (tertiary/aromatic N) is 1. The number of nitrogens with one attached hydrogen (secondary N) is 4. The number of aromatic nitrogens is 1. The van der Waals surface area contributed by atoms with Gasteiger partial charge in [-0.2, -0.15) is 12.6 Å². The molecule has 196 valence electrons. The van der Waals surface area contributed by atoms with Crippen molar-refractivity contribution in [3.63, 3.8) is 0 Å². The van der Waals surface area contributed by atoms with Crippen LogP contribution in [0.25, 0.3) is 10.9 Å². The van der Waals surface area contributed by atoms with Crippen LogP contribution in [0.5, 0.6) is 5.75 Å². The van der Waals surface area contributed by atoms with Gasteiger partial charge in [0.1, 0.15) is 17.5 Å². The zero-order chi connectivity index (χ0) is 26.4. The number of thiol groups is 1. The van der Waals surface area contributed by atoms with Crippen molar-refractivity contribution >= 4 is 41.3 Å². The molecule has 36 heavy (non-hydrogen) atoms. The van der Waals surface area contributed by atoms with E-state index in [0.717, 1.165) is 10.9 Å². The van der Waals surface area contributed by atoms with Gasteiger partial charge in [0.15, 0.2) is 0 Å². The highest BCUT2D eigenvalue weighted by molar-refractivity contribution is 7.81. The molecular formula is C24H33N5O6S. The molecule has 3 rings (SSSR count). The number of ether oxygens (including phenoxy) is 1. The summed E-state index contributed by atoms with van der Waals surface area (Å²) in [6, 6.07) is 5.47. The number of methoxy groups -OCH3 is 1. The molecule has 0 spiro atoms. The molecule has 3 amide bonds. The van der Waals surface area contributed by atoms with Gasteiger partial charge >= 0.3 is 0 Å². The first-order chi connectivity index (χ1) is 17.1. The molecule has 2 heterocycles. The van der Waals surface area contributed by atoms with Crippen molar-refractivity contribution in [3.05, 3.63) is 40.1 Å². The number of benzene rings is 1. The second kappa shape index (κ2) is 12.1. The third-order valence-electron chi connectivity index (χ3n) is 6.25. The van der Waals surface area contributed by atoms with E-state index in [1.165, 1.54) is 0 Å². The minimum atomic E-state index is -0.887. The minimum Gasteiger partial charge on any atom is -0.496 e. The van der Waals surface area contributed by atoms with Crippen LogP contribution in [0.4, 0.5) is 0 Å². The maximum Gasteiger partial charge on any atom is 0.268 e. The molecule has 0 radical (unpaired) electrons. The van der Waals surface area contributed by atoms with E-state index in [-0.39, 0.29) is 29.9 Å². The molecule has 0 unspecified atom stereocenters. The molecule has 1 aliphatic heterocycles. The van der Waals surface area contributed by atoms with Crippen LogP contribution < -0.4 is 20.7 Å². The Morgan fingerprint density at radius 2 is 2.06 bits per heavy atom. The molecule has 1 aromatic carbocycles. The Morgan fingerprint density at radius 3 is 2.67 bits per heavy atom. The Balaban J connectivity index is 1.77. The lowest BCUT2D eigenvalue weighted by Gasteiger charge is -2.27. The zero-order valence-electron chi connectivity index (χ0n) is 20.6. The summed E-state index contributed by atoms with van der Waals surface area (Å²) < 4.78 is 5.35. The Bertz CT molecular complexity index is 1120. The van der Waals surface area contributed by atoms with Crippen LogP contribution >= 0.6 is 12.6 Å². The number of carbonyl (C=O) groups is 3. The molecule has 4 atom stereocenters. The van der Waals surface area contributed by atoms with Crippen LogP contribution in [-0.2, 0) is 9.59 Å². The van der Waals surface area contributed by atoms with Gasteiger partial charge in [-0.3, -0.25) is 24.5 Å². The van der Waals surface area contributed by atoms with Crippen molar-refractivity contribution in [1.29, 1.82) is 0 Å². The molecule has 0 saturated carbocycles. The summed E-state index contributed by atoms with van der Waals surface area (Å²) in [5.74, 6) is -0.754. The van der Waals surface area contributed by atoms with E-state index < -0.39 is 40.6 Å². The number of nitro groups is 1. The molecule has 1 saturated heterocycles. The maximum absolute atomic E-state index is 13.3. The second-order valence-corrected chi connectivity index (χ2v) is 10.1. The molecule has 1 aliphatic rings. The van der Waals surface area contributed by atoms with Crippen molar-refractivity contribution < 1.29 is 24.0 Å². The molecule has 11 nitrogen and oxygen atoms in total. The summed E-state index contributed by atoms with van der Waals surface area (Å²) in [5.41, 5.74) is 0.993. The number of carbonyl (C=O) groups excluding carboxylic acids is 3. The van der Waals surface area contributed by atoms with Crippen molar-refractivity contribution in [3.8, 4) is 5.75 Å². The molecule has 4 N–H and O–H groups in total. The smallest absolute Gasteiger partial charge is 0.268 e. The van der Waals surface area contributed by atoms with Gasteiger partial charge in [0.05, 0.1) is 12.4 Å². The van der Waals surface area contributed by atoms with Crippen LogP contribution in [-0.4, -0.2) is 65.2 Å². The highest BCUT2D eigenvalue weighted by atomic mass is 32.1. The van der Waals surface area contributed by atoms with Crippen molar-refractivity contribution in [2.45, 2.75) is 50.4 Å². The first-order valence-electron chi connectivity index (χ1n) is 11.9. The van der Waals surface area contributed by atoms with Gasteiger partial charge in [-0.05, 0) is 43.4 Å². The number of fused-ring (bicyclic) bond motifs is 1. The van der Waals surface area contributed by atoms with E-state index in [2.05, 4.69) is 33.6 Å². The lowest BCUT2D eigenvalue weighted by molar-refractivity contribution is -0.479. The SMILES string of the molecule is COc1cccc2[nH]c(C(=O)N[C@@H](CC(C)C)C(=O)N[C@@H](C[C@@H]3CCNC3=O)[C@@H](S)C[N+](=O)[O-])cc12. The maximum atomic E-state index is 13.3. The van der Waals surface area contributed by atoms with E-state index in [4.69, 9.17) is 4.74 Å².